The Morgan fingerprint density at radius 2 is 2.21 bits per heavy atom. The van der Waals surface area contributed by atoms with Crippen LogP contribution in [0.3, 0.4) is 0 Å². The Kier molecular flexibility index (Phi) is 6.32. The maximum Gasteiger partial charge on any atom is 0.0598 e. The second-order valence-electron chi connectivity index (χ2n) is 3.25. The average molecular weight is 229 g/mol. The van der Waals surface area contributed by atoms with Gasteiger partial charge in [-0.05, 0) is 24.3 Å². The Morgan fingerprint density at radius 1 is 1.43 bits per heavy atom. The maximum atomic E-state index is 3.57. The van der Waals surface area contributed by atoms with Crippen LogP contribution in [-0.2, 0) is 0 Å². The molecule has 0 fully saturated rings. The molecule has 1 heterocycles. The minimum absolute atomic E-state index is 0.707. The van der Waals surface area contributed by atoms with Crippen LogP contribution in [0, 0.1) is 0 Å². The lowest BCUT2D eigenvalue weighted by atomic mass is 10.2. The molecule has 0 radical (unpaired) electrons. The Morgan fingerprint density at radius 3 is 2.79 bits per heavy atom. The minimum atomic E-state index is 0.707. The summed E-state index contributed by atoms with van der Waals surface area (Å²) in [5, 5.41) is 5.70. The molecule has 1 rings (SSSR count). The van der Waals surface area contributed by atoms with Crippen molar-refractivity contribution in [3.63, 3.8) is 0 Å². The van der Waals surface area contributed by atoms with Gasteiger partial charge in [-0.3, -0.25) is 0 Å². The van der Waals surface area contributed by atoms with Crippen LogP contribution < -0.4 is 5.32 Å². The van der Waals surface area contributed by atoms with E-state index in [1.807, 2.05) is 23.1 Å². The average Bonchev–Trinajstić information content (AvgIpc) is 2.71. The van der Waals surface area contributed by atoms with Crippen LogP contribution in [0.25, 0.3) is 0 Å². The number of hydrogen-bond acceptors (Lipinski definition) is 3. The molecule has 80 valence electrons. The molecule has 0 aliphatic rings. The Hall–Kier alpha value is 0.01000. The first-order valence-electron chi connectivity index (χ1n) is 5.26. The Balaban J connectivity index is 2.04. The van der Waals surface area contributed by atoms with Crippen LogP contribution >= 0.6 is 23.1 Å². The van der Waals surface area contributed by atoms with Gasteiger partial charge in [0.25, 0.3) is 0 Å². The molecule has 0 aromatic carbocycles. The van der Waals surface area contributed by atoms with Gasteiger partial charge in [-0.15, -0.1) is 23.1 Å². The fraction of sp³-hybridized carbons (Fsp3) is 0.636. The summed E-state index contributed by atoms with van der Waals surface area (Å²) in [5.74, 6) is 1.18. The molecule has 3 heteroatoms. The van der Waals surface area contributed by atoms with E-state index in [-0.39, 0.29) is 0 Å². The molecule has 0 atom stereocenters. The molecule has 0 saturated heterocycles. The summed E-state index contributed by atoms with van der Waals surface area (Å²) in [7, 11) is 0. The fourth-order valence-corrected chi connectivity index (χ4v) is 3.07. The van der Waals surface area contributed by atoms with E-state index in [0.717, 1.165) is 6.54 Å². The van der Waals surface area contributed by atoms with Crippen LogP contribution in [0.4, 0.5) is 0 Å². The topological polar surface area (TPSA) is 12.0 Å². The van der Waals surface area contributed by atoms with E-state index in [0.29, 0.717) is 6.04 Å². The molecule has 0 amide bonds. The van der Waals surface area contributed by atoms with Gasteiger partial charge < -0.3 is 5.32 Å². The zero-order valence-electron chi connectivity index (χ0n) is 8.95. The molecule has 0 aliphatic carbocycles. The first-order valence-corrected chi connectivity index (χ1v) is 7.13. The predicted molar refractivity (Wildman–Crippen MR) is 67.4 cm³/mol. The molecule has 14 heavy (non-hydrogen) atoms. The van der Waals surface area contributed by atoms with E-state index in [9.17, 15) is 0 Å². The van der Waals surface area contributed by atoms with Crippen molar-refractivity contribution in [3.8, 4) is 0 Å². The number of thiophene rings is 1. The summed E-state index contributed by atoms with van der Waals surface area (Å²) in [6.07, 6.45) is 2.47. The molecule has 1 nitrogen and oxygen atoms in total. The number of thioether (sulfide) groups is 1. The highest BCUT2D eigenvalue weighted by atomic mass is 32.2. The van der Waals surface area contributed by atoms with Crippen molar-refractivity contribution in [1.29, 1.82) is 0 Å². The van der Waals surface area contributed by atoms with Gasteiger partial charge in [0.05, 0.1) is 4.21 Å². The molecule has 0 bridgehead atoms. The summed E-state index contributed by atoms with van der Waals surface area (Å²) in [6.45, 7) is 5.61. The second-order valence-corrected chi connectivity index (χ2v) is 5.59. The van der Waals surface area contributed by atoms with E-state index in [4.69, 9.17) is 0 Å². The van der Waals surface area contributed by atoms with E-state index in [1.165, 1.54) is 22.8 Å². The molecule has 1 N–H and O–H groups in total. The first-order chi connectivity index (χ1) is 6.86. The van der Waals surface area contributed by atoms with Crippen molar-refractivity contribution in [1.82, 2.24) is 5.32 Å². The molecule has 1 aromatic rings. The summed E-state index contributed by atoms with van der Waals surface area (Å²) >= 11 is 3.77. The zero-order valence-corrected chi connectivity index (χ0v) is 10.6. The van der Waals surface area contributed by atoms with Crippen LogP contribution in [0.5, 0.6) is 0 Å². The van der Waals surface area contributed by atoms with Gasteiger partial charge in [-0.25, -0.2) is 0 Å². The van der Waals surface area contributed by atoms with Gasteiger partial charge >= 0.3 is 0 Å². The molecule has 0 spiro atoms. The van der Waals surface area contributed by atoms with Gasteiger partial charge in [0, 0.05) is 18.3 Å². The van der Waals surface area contributed by atoms with Crippen molar-refractivity contribution in [3.05, 3.63) is 17.5 Å². The van der Waals surface area contributed by atoms with Gasteiger partial charge in [0.1, 0.15) is 0 Å². The minimum Gasteiger partial charge on any atom is -0.313 e. The van der Waals surface area contributed by atoms with Crippen LogP contribution in [0.1, 0.15) is 26.7 Å². The smallest absolute Gasteiger partial charge is 0.0598 e. The molecule has 0 aliphatic heterocycles. The van der Waals surface area contributed by atoms with Crippen LogP contribution in [-0.4, -0.2) is 18.3 Å². The van der Waals surface area contributed by atoms with E-state index < -0.39 is 0 Å². The van der Waals surface area contributed by atoms with E-state index in [1.54, 1.807) is 0 Å². The van der Waals surface area contributed by atoms with Gasteiger partial charge in [0.15, 0.2) is 0 Å². The summed E-state index contributed by atoms with van der Waals surface area (Å²) in [5.41, 5.74) is 0. The van der Waals surface area contributed by atoms with Gasteiger partial charge in [0.2, 0.25) is 0 Å². The Bertz CT molecular complexity index is 217. The molecule has 1 aromatic heterocycles. The van der Waals surface area contributed by atoms with Crippen LogP contribution in [0.15, 0.2) is 21.7 Å². The first kappa shape index (κ1) is 12.1. The largest absolute Gasteiger partial charge is 0.313 e. The zero-order chi connectivity index (χ0) is 10.2. The third kappa shape index (κ3) is 4.49. The molecular weight excluding hydrogens is 210 g/mol. The third-order valence-electron chi connectivity index (χ3n) is 2.26. The predicted octanol–water partition coefficient (Wildman–Crippen LogP) is 3.62. The molecular formula is C11H19NS2. The van der Waals surface area contributed by atoms with Gasteiger partial charge in [-0.2, -0.15) is 0 Å². The van der Waals surface area contributed by atoms with Crippen molar-refractivity contribution in [2.45, 2.75) is 36.9 Å². The Labute approximate surface area is 95.3 Å². The monoisotopic (exact) mass is 229 g/mol. The lowest BCUT2D eigenvalue weighted by Crippen LogP contribution is -2.29. The van der Waals surface area contributed by atoms with Crippen molar-refractivity contribution >= 4 is 23.1 Å². The lowest BCUT2D eigenvalue weighted by molar-refractivity contribution is 0.501. The summed E-state index contributed by atoms with van der Waals surface area (Å²) in [6, 6.07) is 5.01. The summed E-state index contributed by atoms with van der Waals surface area (Å²) < 4.78 is 1.43. The molecule has 0 saturated carbocycles. The van der Waals surface area contributed by atoms with E-state index in [2.05, 4.69) is 36.7 Å². The fourth-order valence-electron chi connectivity index (χ4n) is 1.34. The van der Waals surface area contributed by atoms with Crippen molar-refractivity contribution < 1.29 is 0 Å². The van der Waals surface area contributed by atoms with E-state index >= 15 is 0 Å². The number of rotatable bonds is 7. The van der Waals surface area contributed by atoms with Crippen molar-refractivity contribution in [2.75, 3.05) is 12.3 Å². The lowest BCUT2D eigenvalue weighted by Gasteiger charge is -2.13. The SMILES string of the molecule is CCC(CC)NCCSc1cccs1. The highest BCUT2D eigenvalue weighted by Gasteiger charge is 2.01. The number of hydrogen-bond donors (Lipinski definition) is 1. The number of nitrogens with one attached hydrogen (secondary N) is 1. The highest BCUT2D eigenvalue weighted by molar-refractivity contribution is 8.01. The third-order valence-corrected chi connectivity index (χ3v) is 4.39. The van der Waals surface area contributed by atoms with Crippen LogP contribution in [0.2, 0.25) is 0 Å². The summed E-state index contributed by atoms with van der Waals surface area (Å²) in [4.78, 5) is 0. The quantitative estimate of drug-likeness (QED) is 0.566. The standard InChI is InChI=1S/C11H19NS2/c1-3-10(4-2)12-7-9-14-11-6-5-8-13-11/h5-6,8,10,12H,3-4,7,9H2,1-2H3. The molecule has 0 unspecified atom stereocenters. The maximum absolute atomic E-state index is 3.57. The normalized spacial score (nSPS) is 11.1. The van der Waals surface area contributed by atoms with Crippen molar-refractivity contribution in [2.24, 2.45) is 0 Å². The second kappa shape index (κ2) is 7.32. The van der Waals surface area contributed by atoms with Gasteiger partial charge in [-0.1, -0.05) is 19.9 Å². The highest BCUT2D eigenvalue weighted by Crippen LogP contribution is 2.22.